The van der Waals surface area contributed by atoms with Crippen LogP contribution < -0.4 is 10.2 Å². The summed E-state index contributed by atoms with van der Waals surface area (Å²) in [6.45, 7) is 4.98. The van der Waals surface area contributed by atoms with E-state index in [0.717, 1.165) is 62.0 Å². The van der Waals surface area contributed by atoms with Crippen molar-refractivity contribution in [2.24, 2.45) is 5.92 Å². The van der Waals surface area contributed by atoms with Crippen LogP contribution in [0.25, 0.3) is 11.4 Å². The quantitative estimate of drug-likeness (QED) is 0.761. The number of fused-ring (bicyclic) bond motifs is 1. The van der Waals surface area contributed by atoms with Gasteiger partial charge in [0, 0.05) is 49.7 Å². The van der Waals surface area contributed by atoms with Crippen LogP contribution in [0.5, 0.6) is 0 Å². The van der Waals surface area contributed by atoms with Gasteiger partial charge >= 0.3 is 0 Å². The van der Waals surface area contributed by atoms with Crippen LogP contribution in [-0.2, 0) is 19.5 Å². The van der Waals surface area contributed by atoms with Gasteiger partial charge in [-0.3, -0.25) is 0 Å². The Morgan fingerprint density at radius 3 is 2.93 bits per heavy atom. The van der Waals surface area contributed by atoms with Crippen LogP contribution in [0.15, 0.2) is 49.1 Å². The van der Waals surface area contributed by atoms with E-state index in [1.54, 1.807) is 0 Å². The third-order valence-corrected chi connectivity index (χ3v) is 5.79. The van der Waals surface area contributed by atoms with Gasteiger partial charge in [-0.05, 0) is 31.7 Å². The normalized spacial score (nSPS) is 19.4. The summed E-state index contributed by atoms with van der Waals surface area (Å²) in [5.74, 6) is 2.62. The van der Waals surface area contributed by atoms with Gasteiger partial charge in [-0.1, -0.05) is 30.3 Å². The highest BCUT2D eigenvalue weighted by Gasteiger charge is 2.26. The molecule has 28 heavy (non-hydrogen) atoms. The number of benzene rings is 1. The summed E-state index contributed by atoms with van der Waals surface area (Å²) < 4.78 is 2.20. The van der Waals surface area contributed by atoms with Crippen LogP contribution in [0.2, 0.25) is 0 Å². The topological polar surface area (TPSA) is 58.9 Å². The molecular formula is C22H26N6. The first-order chi connectivity index (χ1) is 13.9. The molecule has 0 amide bonds. The summed E-state index contributed by atoms with van der Waals surface area (Å²) in [6, 6.07) is 10.3. The number of rotatable bonds is 4. The Morgan fingerprint density at radius 2 is 2.07 bits per heavy atom. The molecule has 3 aromatic rings. The van der Waals surface area contributed by atoms with Crippen molar-refractivity contribution in [1.82, 2.24) is 24.8 Å². The molecule has 0 bridgehead atoms. The Morgan fingerprint density at radius 1 is 1.14 bits per heavy atom. The van der Waals surface area contributed by atoms with Crippen LogP contribution in [0.4, 0.5) is 5.82 Å². The molecule has 2 aliphatic heterocycles. The van der Waals surface area contributed by atoms with Gasteiger partial charge in [0.2, 0.25) is 0 Å². The molecule has 5 rings (SSSR count). The summed E-state index contributed by atoms with van der Waals surface area (Å²) >= 11 is 0. The lowest BCUT2D eigenvalue weighted by Crippen LogP contribution is -2.39. The monoisotopic (exact) mass is 374 g/mol. The fourth-order valence-electron chi connectivity index (χ4n) is 4.42. The number of imidazole rings is 1. The van der Waals surface area contributed by atoms with E-state index >= 15 is 0 Å². The van der Waals surface area contributed by atoms with Gasteiger partial charge in [0.25, 0.3) is 0 Å². The summed E-state index contributed by atoms with van der Waals surface area (Å²) in [5.41, 5.74) is 3.58. The van der Waals surface area contributed by atoms with Crippen LogP contribution in [0, 0.1) is 5.92 Å². The lowest BCUT2D eigenvalue weighted by atomic mass is 9.96. The fourth-order valence-corrected chi connectivity index (χ4v) is 4.42. The SMILES string of the molecule is c1ccc(-c2nc3c(c(N4CCC[C@@H](Cn5ccnc5)C4)n2)CCNC3)cc1. The minimum Gasteiger partial charge on any atom is -0.356 e. The first kappa shape index (κ1) is 17.4. The molecule has 1 atom stereocenters. The van der Waals surface area contributed by atoms with Crippen LogP contribution in [0.1, 0.15) is 24.1 Å². The van der Waals surface area contributed by atoms with Gasteiger partial charge in [0.1, 0.15) is 5.82 Å². The van der Waals surface area contributed by atoms with Crippen molar-refractivity contribution in [2.75, 3.05) is 24.5 Å². The van der Waals surface area contributed by atoms with Gasteiger partial charge in [-0.15, -0.1) is 0 Å². The van der Waals surface area contributed by atoms with Crippen LogP contribution in [-0.4, -0.2) is 39.2 Å². The average Bonchev–Trinajstić information content (AvgIpc) is 3.27. The van der Waals surface area contributed by atoms with Gasteiger partial charge in [-0.25, -0.2) is 15.0 Å². The van der Waals surface area contributed by atoms with E-state index in [4.69, 9.17) is 9.97 Å². The molecule has 2 aromatic heterocycles. The van der Waals surface area contributed by atoms with E-state index in [0.29, 0.717) is 5.92 Å². The van der Waals surface area contributed by atoms with Crippen LogP contribution in [0.3, 0.4) is 0 Å². The number of hydrogen-bond acceptors (Lipinski definition) is 5. The van der Waals surface area contributed by atoms with Crippen molar-refractivity contribution in [1.29, 1.82) is 0 Å². The first-order valence-corrected chi connectivity index (χ1v) is 10.2. The lowest BCUT2D eigenvalue weighted by molar-refractivity contribution is 0.364. The predicted molar refractivity (Wildman–Crippen MR) is 110 cm³/mol. The van der Waals surface area contributed by atoms with Crippen LogP contribution >= 0.6 is 0 Å². The van der Waals surface area contributed by atoms with Crippen molar-refractivity contribution < 1.29 is 0 Å². The molecule has 1 N–H and O–H groups in total. The van der Waals surface area contributed by atoms with E-state index in [2.05, 4.69) is 50.2 Å². The summed E-state index contributed by atoms with van der Waals surface area (Å²) in [6.07, 6.45) is 9.31. The highest BCUT2D eigenvalue weighted by atomic mass is 15.2. The Balaban J connectivity index is 1.47. The molecule has 4 heterocycles. The highest BCUT2D eigenvalue weighted by molar-refractivity contribution is 5.61. The Labute approximate surface area is 165 Å². The summed E-state index contributed by atoms with van der Waals surface area (Å²) in [5, 5.41) is 3.47. The second kappa shape index (κ2) is 7.72. The maximum Gasteiger partial charge on any atom is 0.161 e. The molecule has 0 saturated carbocycles. The second-order valence-electron chi connectivity index (χ2n) is 7.80. The van der Waals surface area contributed by atoms with E-state index in [-0.39, 0.29) is 0 Å². The Hall–Kier alpha value is -2.73. The highest BCUT2D eigenvalue weighted by Crippen LogP contribution is 2.30. The Kier molecular flexibility index (Phi) is 4.79. The zero-order valence-electron chi connectivity index (χ0n) is 16.1. The Bertz CT molecular complexity index is 922. The molecule has 1 fully saturated rings. The zero-order chi connectivity index (χ0) is 18.8. The maximum absolute atomic E-state index is 5.08. The maximum atomic E-state index is 5.08. The molecule has 0 aliphatic carbocycles. The fraction of sp³-hybridized carbons (Fsp3) is 0.409. The van der Waals surface area contributed by atoms with Gasteiger partial charge in [0.15, 0.2) is 5.82 Å². The third kappa shape index (κ3) is 3.52. The van der Waals surface area contributed by atoms with Crippen molar-refractivity contribution in [2.45, 2.75) is 32.4 Å². The smallest absolute Gasteiger partial charge is 0.161 e. The number of aromatic nitrogens is 4. The first-order valence-electron chi connectivity index (χ1n) is 10.2. The molecule has 6 heteroatoms. The summed E-state index contributed by atoms with van der Waals surface area (Å²) in [7, 11) is 0. The molecule has 1 saturated heterocycles. The minimum absolute atomic E-state index is 0.621. The molecular weight excluding hydrogens is 348 g/mol. The number of piperidine rings is 1. The summed E-state index contributed by atoms with van der Waals surface area (Å²) in [4.78, 5) is 16.7. The number of nitrogens with one attached hydrogen (secondary N) is 1. The number of anilines is 1. The standard InChI is InChI=1S/C22H26N6/c1-2-6-18(7-3-1)21-25-20-13-23-9-8-19(20)22(26-21)28-11-4-5-17(15-28)14-27-12-10-24-16-27/h1-3,6-7,10,12,16-17,23H,4-5,8-9,11,13-15H2/t17-/m0/s1. The van der Waals surface area contributed by atoms with Crippen molar-refractivity contribution in [3.8, 4) is 11.4 Å². The van der Waals surface area contributed by atoms with Gasteiger partial charge in [0.05, 0.1) is 12.0 Å². The van der Waals surface area contributed by atoms with Gasteiger partial charge < -0.3 is 14.8 Å². The van der Waals surface area contributed by atoms with E-state index < -0.39 is 0 Å². The van der Waals surface area contributed by atoms with Crippen molar-refractivity contribution in [3.63, 3.8) is 0 Å². The number of hydrogen-bond donors (Lipinski definition) is 1. The molecule has 144 valence electrons. The third-order valence-electron chi connectivity index (χ3n) is 5.79. The minimum atomic E-state index is 0.621. The van der Waals surface area contributed by atoms with Crippen molar-refractivity contribution in [3.05, 3.63) is 60.3 Å². The zero-order valence-corrected chi connectivity index (χ0v) is 16.1. The molecule has 1 aromatic carbocycles. The van der Waals surface area contributed by atoms with E-state index in [1.807, 2.05) is 18.6 Å². The van der Waals surface area contributed by atoms with E-state index in [1.165, 1.54) is 18.4 Å². The molecule has 6 nitrogen and oxygen atoms in total. The molecule has 0 radical (unpaired) electrons. The predicted octanol–water partition coefficient (Wildman–Crippen LogP) is 2.90. The van der Waals surface area contributed by atoms with E-state index in [9.17, 15) is 0 Å². The molecule has 0 spiro atoms. The van der Waals surface area contributed by atoms with Crippen molar-refractivity contribution >= 4 is 5.82 Å². The largest absolute Gasteiger partial charge is 0.356 e. The number of nitrogens with zero attached hydrogens (tertiary/aromatic N) is 5. The molecule has 2 aliphatic rings. The molecule has 0 unspecified atom stereocenters. The second-order valence-corrected chi connectivity index (χ2v) is 7.80. The lowest BCUT2D eigenvalue weighted by Gasteiger charge is -2.36. The average molecular weight is 374 g/mol. The van der Waals surface area contributed by atoms with Gasteiger partial charge in [-0.2, -0.15) is 0 Å².